The average Bonchev–Trinajstić information content (AvgIpc) is 3.58. The van der Waals surface area contributed by atoms with Crippen LogP contribution >= 0.6 is 0 Å². The number of carbonyl (C=O) groups is 3. The van der Waals surface area contributed by atoms with Crippen molar-refractivity contribution in [1.29, 1.82) is 0 Å². The zero-order valence-corrected chi connectivity index (χ0v) is 31.1. The number of ether oxygens (including phenoxy) is 1. The molecule has 3 N–H and O–H groups in total. The molecule has 7 rings (SSSR count). The van der Waals surface area contributed by atoms with Gasteiger partial charge in [0.2, 0.25) is 11.8 Å². The van der Waals surface area contributed by atoms with E-state index in [9.17, 15) is 27.6 Å². The number of imide groups is 1. The van der Waals surface area contributed by atoms with Crippen LogP contribution in [-0.2, 0) is 15.8 Å². The second-order valence-corrected chi connectivity index (χ2v) is 15.0. The van der Waals surface area contributed by atoms with Crippen LogP contribution in [0, 0.1) is 0 Å². The molecule has 0 bridgehead atoms. The Morgan fingerprint density at radius 1 is 0.909 bits per heavy atom. The van der Waals surface area contributed by atoms with E-state index in [0.29, 0.717) is 35.8 Å². The van der Waals surface area contributed by atoms with E-state index in [-0.39, 0.29) is 35.6 Å². The molecule has 3 aromatic heterocycles. The van der Waals surface area contributed by atoms with Crippen LogP contribution in [0.25, 0.3) is 5.65 Å². The number of hydrogen-bond acceptors (Lipinski definition) is 9. The summed E-state index contributed by atoms with van der Waals surface area (Å²) in [5.74, 6) is -0.0973. The van der Waals surface area contributed by atoms with Crippen LogP contribution in [0.3, 0.4) is 0 Å². The third-order valence-electron chi connectivity index (χ3n) is 10.7. The van der Waals surface area contributed by atoms with E-state index >= 15 is 0 Å². The molecule has 4 aromatic rings. The first-order valence-electron chi connectivity index (χ1n) is 19.1. The molecule has 3 saturated heterocycles. The fourth-order valence-corrected chi connectivity index (χ4v) is 7.69. The third-order valence-corrected chi connectivity index (χ3v) is 10.7. The Bertz CT molecular complexity index is 2000. The molecular weight excluding hydrogens is 713 g/mol. The molecule has 12 nitrogen and oxygen atoms in total. The lowest BCUT2D eigenvalue weighted by molar-refractivity contribution is -0.141. The number of alkyl halides is 3. The van der Waals surface area contributed by atoms with Gasteiger partial charge in [-0.2, -0.15) is 13.2 Å². The number of carbonyl (C=O) groups excluding carboxylic acids is 3. The van der Waals surface area contributed by atoms with Gasteiger partial charge in [-0.1, -0.05) is 18.2 Å². The quantitative estimate of drug-likeness (QED) is 0.156. The molecule has 3 aliphatic heterocycles. The highest BCUT2D eigenvalue weighted by atomic mass is 19.4. The summed E-state index contributed by atoms with van der Waals surface area (Å²) in [5.41, 5.74) is 2.65. The number of rotatable bonds is 11. The van der Waals surface area contributed by atoms with Crippen LogP contribution in [0.15, 0.2) is 60.9 Å². The molecule has 0 radical (unpaired) electrons. The highest BCUT2D eigenvalue weighted by Crippen LogP contribution is 2.33. The SMILES string of the molecule is CC(C)Oc1cc2nc(C3CCN(CCN4CCC(c5ccc(NC6CCC(=O)NC6=O)cc5)CC4)CC3)cn2cc1NC(=O)c1cccc(C(F)(F)F)n1. The maximum Gasteiger partial charge on any atom is 0.433 e. The van der Waals surface area contributed by atoms with E-state index in [2.05, 4.69) is 42.9 Å². The number of aromatic nitrogens is 3. The number of hydrogen-bond donors (Lipinski definition) is 3. The first kappa shape index (κ1) is 38.3. The largest absolute Gasteiger partial charge is 0.489 e. The van der Waals surface area contributed by atoms with Crippen molar-refractivity contribution in [3.63, 3.8) is 0 Å². The smallest absolute Gasteiger partial charge is 0.433 e. The second-order valence-electron chi connectivity index (χ2n) is 15.0. The van der Waals surface area contributed by atoms with Crippen molar-refractivity contribution in [2.45, 2.75) is 82.5 Å². The van der Waals surface area contributed by atoms with Crippen molar-refractivity contribution >= 4 is 34.7 Å². The molecule has 3 fully saturated rings. The Hall–Kier alpha value is -5.02. The average molecular weight is 761 g/mol. The third kappa shape index (κ3) is 9.45. The Labute approximate surface area is 317 Å². The van der Waals surface area contributed by atoms with Crippen molar-refractivity contribution in [3.8, 4) is 5.75 Å². The molecule has 1 aromatic carbocycles. The topological polar surface area (TPSA) is 133 Å². The van der Waals surface area contributed by atoms with Gasteiger partial charge in [-0.15, -0.1) is 0 Å². The predicted octanol–water partition coefficient (Wildman–Crippen LogP) is 6.06. The number of nitrogens with one attached hydrogen (secondary N) is 3. The molecule has 15 heteroatoms. The molecule has 0 spiro atoms. The Balaban J connectivity index is 0.887. The number of imidazole rings is 1. The van der Waals surface area contributed by atoms with E-state index in [1.807, 2.05) is 36.6 Å². The Morgan fingerprint density at radius 2 is 1.58 bits per heavy atom. The maximum atomic E-state index is 13.2. The summed E-state index contributed by atoms with van der Waals surface area (Å²) in [7, 11) is 0. The minimum absolute atomic E-state index is 0.215. The molecule has 1 unspecified atom stereocenters. The number of halogens is 3. The first-order chi connectivity index (χ1) is 26.4. The van der Waals surface area contributed by atoms with E-state index in [1.165, 1.54) is 11.6 Å². The number of pyridine rings is 2. The molecule has 55 heavy (non-hydrogen) atoms. The van der Waals surface area contributed by atoms with Gasteiger partial charge in [-0.3, -0.25) is 19.7 Å². The van der Waals surface area contributed by atoms with Gasteiger partial charge in [0.15, 0.2) is 0 Å². The molecule has 3 amide bonds. The number of fused-ring (bicyclic) bond motifs is 1. The highest BCUT2D eigenvalue weighted by molar-refractivity contribution is 6.04. The van der Waals surface area contributed by atoms with Crippen molar-refractivity contribution in [2.75, 3.05) is 49.9 Å². The number of nitrogens with zero attached hydrogens (tertiary/aromatic N) is 5. The van der Waals surface area contributed by atoms with Crippen LogP contribution < -0.4 is 20.7 Å². The van der Waals surface area contributed by atoms with Gasteiger partial charge in [-0.25, -0.2) is 9.97 Å². The molecule has 0 saturated carbocycles. The summed E-state index contributed by atoms with van der Waals surface area (Å²) in [4.78, 5) is 50.0. The molecular formula is C40H47F3N8O4. The van der Waals surface area contributed by atoms with Gasteiger partial charge in [0.1, 0.15) is 34.5 Å². The van der Waals surface area contributed by atoms with Crippen molar-refractivity contribution in [1.82, 2.24) is 29.5 Å². The first-order valence-corrected chi connectivity index (χ1v) is 19.1. The van der Waals surface area contributed by atoms with Crippen molar-refractivity contribution in [2.24, 2.45) is 0 Å². The molecule has 0 aliphatic carbocycles. The van der Waals surface area contributed by atoms with Crippen molar-refractivity contribution in [3.05, 3.63) is 83.6 Å². The fraction of sp³-hybridized carbons (Fsp3) is 0.475. The lowest BCUT2D eigenvalue weighted by Gasteiger charge is -2.36. The van der Waals surface area contributed by atoms with Crippen molar-refractivity contribution < 1.29 is 32.3 Å². The summed E-state index contributed by atoms with van der Waals surface area (Å²) in [5, 5.41) is 8.34. The number of likely N-dealkylation sites (tertiary alicyclic amines) is 2. The zero-order valence-electron chi connectivity index (χ0n) is 31.1. The number of amides is 3. The van der Waals surface area contributed by atoms with E-state index in [0.717, 1.165) is 88.5 Å². The molecule has 3 aliphatic rings. The van der Waals surface area contributed by atoms with E-state index < -0.39 is 17.8 Å². The van der Waals surface area contributed by atoms with Gasteiger partial charge < -0.3 is 29.6 Å². The van der Waals surface area contributed by atoms with Crippen LogP contribution in [0.5, 0.6) is 5.75 Å². The summed E-state index contributed by atoms with van der Waals surface area (Å²) in [6.07, 6.45) is 3.77. The Kier molecular flexibility index (Phi) is 11.4. The predicted molar refractivity (Wildman–Crippen MR) is 201 cm³/mol. The van der Waals surface area contributed by atoms with Gasteiger partial charge >= 0.3 is 6.18 Å². The minimum atomic E-state index is -4.67. The minimum Gasteiger partial charge on any atom is -0.489 e. The molecule has 1 atom stereocenters. The van der Waals surface area contributed by atoms with Gasteiger partial charge in [0, 0.05) is 49.6 Å². The lowest BCUT2D eigenvalue weighted by atomic mass is 9.89. The number of anilines is 2. The molecule has 292 valence electrons. The van der Waals surface area contributed by atoms with Gasteiger partial charge in [0.25, 0.3) is 5.91 Å². The highest BCUT2D eigenvalue weighted by Gasteiger charge is 2.33. The fourth-order valence-electron chi connectivity index (χ4n) is 7.69. The monoisotopic (exact) mass is 760 g/mol. The number of benzene rings is 1. The van der Waals surface area contributed by atoms with E-state index in [4.69, 9.17) is 9.72 Å². The summed E-state index contributed by atoms with van der Waals surface area (Å²) >= 11 is 0. The maximum absolute atomic E-state index is 13.2. The second kappa shape index (κ2) is 16.4. The summed E-state index contributed by atoms with van der Waals surface area (Å²) in [6, 6.07) is 13.0. The van der Waals surface area contributed by atoms with Gasteiger partial charge in [0.05, 0.1) is 11.8 Å². The van der Waals surface area contributed by atoms with Crippen LogP contribution in [0.4, 0.5) is 24.5 Å². The van der Waals surface area contributed by atoms with Crippen LogP contribution in [-0.4, -0.2) is 93.3 Å². The van der Waals surface area contributed by atoms with Crippen LogP contribution in [0.1, 0.15) is 91.6 Å². The van der Waals surface area contributed by atoms with Gasteiger partial charge in [-0.05, 0) is 108 Å². The standard InChI is InChI=1S/C40H47F3N8O4/c1-25(2)55-34-22-36-46-32(23-51(36)24-33(34)47-38(53)30-4-3-5-35(45-30)40(41,42)43)28-14-18-50(19-15-28)21-20-49-16-12-27(13-17-49)26-6-8-29(9-7-26)44-31-10-11-37(52)48-39(31)54/h3-9,22-25,27-28,31,44H,10-21H2,1-2H3,(H,47,53)(H,48,52,54). The zero-order chi connectivity index (χ0) is 38.7. The normalized spacial score (nSPS) is 19.5. The lowest BCUT2D eigenvalue weighted by Crippen LogP contribution is -2.47. The van der Waals surface area contributed by atoms with Crippen LogP contribution in [0.2, 0.25) is 0 Å². The summed E-state index contributed by atoms with van der Waals surface area (Å²) in [6.45, 7) is 9.81. The number of piperidine rings is 3. The Morgan fingerprint density at radius 3 is 2.22 bits per heavy atom. The summed E-state index contributed by atoms with van der Waals surface area (Å²) < 4.78 is 47.5. The molecule has 6 heterocycles. The van der Waals surface area contributed by atoms with E-state index in [1.54, 1.807) is 12.3 Å².